The molecule has 0 aromatic carbocycles. The molecule has 14 heavy (non-hydrogen) atoms. The van der Waals surface area contributed by atoms with Gasteiger partial charge in [-0.2, -0.15) is 0 Å². The quantitative estimate of drug-likeness (QED) is 0.551. The topological polar surface area (TPSA) is 0 Å². The zero-order chi connectivity index (χ0) is 10.3. The van der Waals surface area contributed by atoms with Crippen molar-refractivity contribution in [1.82, 2.24) is 0 Å². The highest BCUT2D eigenvalue weighted by Crippen LogP contribution is 2.47. The predicted octanol–water partition coefficient (Wildman–Crippen LogP) is 4.05. The van der Waals surface area contributed by atoms with Gasteiger partial charge in [0.15, 0.2) is 0 Å². The molecule has 1 heteroatoms. The van der Waals surface area contributed by atoms with Crippen LogP contribution in [0.15, 0.2) is 0 Å². The van der Waals surface area contributed by atoms with Crippen LogP contribution in [0, 0.1) is 29.6 Å². The highest BCUT2D eigenvalue weighted by molar-refractivity contribution is 4.92. The van der Waals surface area contributed by atoms with E-state index in [9.17, 15) is 4.39 Å². The van der Waals surface area contributed by atoms with E-state index in [4.69, 9.17) is 0 Å². The van der Waals surface area contributed by atoms with E-state index in [0.29, 0.717) is 23.7 Å². The number of halogens is 1. The molecule has 0 heterocycles. The molecule has 0 amide bonds. The van der Waals surface area contributed by atoms with E-state index < -0.39 is 6.17 Å². The van der Waals surface area contributed by atoms with Crippen LogP contribution in [0.2, 0.25) is 0 Å². The summed E-state index contributed by atoms with van der Waals surface area (Å²) < 4.78 is 14.1. The Morgan fingerprint density at radius 1 is 1.00 bits per heavy atom. The van der Waals surface area contributed by atoms with E-state index in [1.165, 1.54) is 19.3 Å². The number of alkyl halides is 1. The molecule has 2 saturated carbocycles. The highest BCUT2D eigenvalue weighted by Gasteiger charge is 2.43. The molecule has 2 rings (SSSR count). The van der Waals surface area contributed by atoms with E-state index in [0.717, 1.165) is 12.3 Å². The molecule has 2 aliphatic rings. The van der Waals surface area contributed by atoms with Crippen LogP contribution in [0.25, 0.3) is 0 Å². The summed E-state index contributed by atoms with van der Waals surface area (Å²) in [6, 6.07) is 0. The molecule has 2 aliphatic carbocycles. The van der Waals surface area contributed by atoms with Crippen molar-refractivity contribution in [3.8, 4) is 0 Å². The minimum absolute atomic E-state index is 0.293. The van der Waals surface area contributed by atoms with Crippen LogP contribution in [-0.4, -0.2) is 6.17 Å². The average molecular weight is 198 g/mol. The molecule has 0 saturated heterocycles. The summed E-state index contributed by atoms with van der Waals surface area (Å²) in [5.74, 6) is 2.74. The van der Waals surface area contributed by atoms with Crippen LogP contribution in [0.3, 0.4) is 0 Å². The largest absolute Gasteiger partial charge is 0.247 e. The van der Waals surface area contributed by atoms with Crippen molar-refractivity contribution in [2.75, 3.05) is 0 Å². The fourth-order valence-electron chi connectivity index (χ4n) is 3.57. The third kappa shape index (κ3) is 1.70. The lowest BCUT2D eigenvalue weighted by Gasteiger charge is -2.45. The van der Waals surface area contributed by atoms with Gasteiger partial charge < -0.3 is 0 Å². The van der Waals surface area contributed by atoms with E-state index in [2.05, 4.69) is 20.8 Å². The van der Waals surface area contributed by atoms with E-state index in [-0.39, 0.29) is 0 Å². The first-order valence-electron chi connectivity index (χ1n) is 6.23. The molecule has 0 aliphatic heterocycles. The van der Waals surface area contributed by atoms with Crippen LogP contribution >= 0.6 is 0 Å². The molecule has 0 nitrogen and oxygen atoms in total. The second-order valence-corrected chi connectivity index (χ2v) is 5.86. The van der Waals surface area contributed by atoms with Gasteiger partial charge in [-0.05, 0) is 48.9 Å². The second kappa shape index (κ2) is 3.83. The maximum atomic E-state index is 14.1. The van der Waals surface area contributed by atoms with Gasteiger partial charge in [-0.15, -0.1) is 0 Å². The highest BCUT2D eigenvalue weighted by atomic mass is 19.1. The summed E-state index contributed by atoms with van der Waals surface area (Å²) >= 11 is 0. The van der Waals surface area contributed by atoms with Crippen LogP contribution in [0.1, 0.15) is 46.5 Å². The van der Waals surface area contributed by atoms with Crippen LogP contribution in [0.5, 0.6) is 0 Å². The molecule has 6 atom stereocenters. The summed E-state index contributed by atoms with van der Waals surface area (Å²) in [5, 5.41) is 0. The summed E-state index contributed by atoms with van der Waals surface area (Å²) in [7, 11) is 0. The molecule has 6 unspecified atom stereocenters. The number of hydrogen-bond acceptors (Lipinski definition) is 0. The van der Waals surface area contributed by atoms with Gasteiger partial charge in [-0.3, -0.25) is 0 Å². The zero-order valence-corrected chi connectivity index (χ0v) is 9.67. The lowest BCUT2D eigenvalue weighted by Crippen LogP contribution is -2.42. The zero-order valence-electron chi connectivity index (χ0n) is 9.67. The second-order valence-electron chi connectivity index (χ2n) is 5.86. The minimum Gasteiger partial charge on any atom is -0.247 e. The first kappa shape index (κ1) is 10.4. The molecule has 0 bridgehead atoms. The smallest absolute Gasteiger partial charge is 0.106 e. The Kier molecular flexibility index (Phi) is 2.86. The van der Waals surface area contributed by atoms with Gasteiger partial charge in [0, 0.05) is 0 Å². The molecule has 0 N–H and O–H groups in total. The Hall–Kier alpha value is -0.0700. The minimum atomic E-state index is -0.522. The summed E-state index contributed by atoms with van der Waals surface area (Å²) in [6.07, 6.45) is 4.51. The van der Waals surface area contributed by atoms with Gasteiger partial charge in [0.2, 0.25) is 0 Å². The average Bonchev–Trinajstić information content (AvgIpc) is 2.16. The van der Waals surface area contributed by atoms with Gasteiger partial charge in [0.25, 0.3) is 0 Å². The molecule has 0 aromatic rings. The monoisotopic (exact) mass is 198 g/mol. The Balaban J connectivity index is 2.08. The molecule has 0 aromatic heterocycles. The third-order valence-electron chi connectivity index (χ3n) is 4.79. The molecule has 0 spiro atoms. The van der Waals surface area contributed by atoms with E-state index in [1.54, 1.807) is 0 Å². The molecule has 0 radical (unpaired) electrons. The lowest BCUT2D eigenvalue weighted by molar-refractivity contribution is -0.0115. The van der Waals surface area contributed by atoms with Crippen molar-refractivity contribution in [3.05, 3.63) is 0 Å². The Bertz CT molecular complexity index is 199. The Morgan fingerprint density at radius 3 is 2.43 bits per heavy atom. The standard InChI is InChI=1S/C13H23F/c1-8-4-5-11-7-9(2)10(3)13(14)12(11)6-8/h8-13H,4-7H2,1-3H3. The predicted molar refractivity (Wildman–Crippen MR) is 57.8 cm³/mol. The third-order valence-corrected chi connectivity index (χ3v) is 4.79. The van der Waals surface area contributed by atoms with Crippen molar-refractivity contribution in [1.29, 1.82) is 0 Å². The first-order chi connectivity index (χ1) is 6.59. The van der Waals surface area contributed by atoms with E-state index >= 15 is 0 Å². The Morgan fingerprint density at radius 2 is 1.71 bits per heavy atom. The van der Waals surface area contributed by atoms with E-state index in [1.807, 2.05) is 0 Å². The van der Waals surface area contributed by atoms with Gasteiger partial charge in [-0.1, -0.05) is 27.2 Å². The van der Waals surface area contributed by atoms with Gasteiger partial charge in [-0.25, -0.2) is 4.39 Å². The maximum absolute atomic E-state index is 14.1. The lowest BCUT2D eigenvalue weighted by atomic mass is 9.61. The summed E-state index contributed by atoms with van der Waals surface area (Å²) in [4.78, 5) is 0. The molecular weight excluding hydrogens is 175 g/mol. The van der Waals surface area contributed by atoms with Gasteiger partial charge in [0.05, 0.1) is 0 Å². The SMILES string of the molecule is CC1CCC2CC(C)C(C)C(F)C2C1. The summed E-state index contributed by atoms with van der Waals surface area (Å²) in [5.41, 5.74) is 0. The maximum Gasteiger partial charge on any atom is 0.106 e. The number of fused-ring (bicyclic) bond motifs is 1. The molecule has 82 valence electrons. The van der Waals surface area contributed by atoms with Crippen molar-refractivity contribution < 1.29 is 4.39 Å². The summed E-state index contributed by atoms with van der Waals surface area (Å²) in [6.45, 7) is 6.61. The number of rotatable bonds is 0. The fraction of sp³-hybridized carbons (Fsp3) is 1.00. The fourth-order valence-corrected chi connectivity index (χ4v) is 3.57. The van der Waals surface area contributed by atoms with Crippen molar-refractivity contribution in [2.45, 2.75) is 52.6 Å². The molecule has 2 fully saturated rings. The van der Waals surface area contributed by atoms with Crippen molar-refractivity contribution in [2.24, 2.45) is 29.6 Å². The van der Waals surface area contributed by atoms with Gasteiger partial charge in [0.1, 0.15) is 6.17 Å². The van der Waals surface area contributed by atoms with Crippen molar-refractivity contribution >= 4 is 0 Å². The van der Waals surface area contributed by atoms with Crippen LogP contribution < -0.4 is 0 Å². The Labute approximate surface area is 87.3 Å². The van der Waals surface area contributed by atoms with Gasteiger partial charge >= 0.3 is 0 Å². The van der Waals surface area contributed by atoms with Crippen molar-refractivity contribution in [3.63, 3.8) is 0 Å². The normalized spacial score (nSPS) is 54.0. The number of hydrogen-bond donors (Lipinski definition) is 0. The first-order valence-corrected chi connectivity index (χ1v) is 6.23. The van der Waals surface area contributed by atoms with Crippen LogP contribution in [0.4, 0.5) is 4.39 Å². The molecular formula is C13H23F. The van der Waals surface area contributed by atoms with Crippen LogP contribution in [-0.2, 0) is 0 Å².